The van der Waals surface area contributed by atoms with Crippen LogP contribution >= 0.6 is 11.6 Å². The van der Waals surface area contributed by atoms with Gasteiger partial charge in [-0.3, -0.25) is 9.59 Å². The van der Waals surface area contributed by atoms with Gasteiger partial charge in [0.15, 0.2) is 11.9 Å². The van der Waals surface area contributed by atoms with Crippen LogP contribution in [0.1, 0.15) is 24.2 Å². The number of benzene rings is 1. The molecule has 1 amide bonds. The van der Waals surface area contributed by atoms with Crippen LogP contribution in [0.2, 0.25) is 5.02 Å². The highest BCUT2D eigenvalue weighted by molar-refractivity contribution is 6.31. The number of amides is 1. The molecule has 1 aromatic rings. The molecule has 0 heterocycles. The Hall–Kier alpha value is -1.59. The molecule has 1 N–H and O–H groups in total. The lowest BCUT2D eigenvalue weighted by atomic mass is 10.1. The number of halogens is 1. The molecule has 1 unspecified atom stereocenters. The SMILES string of the molecule is COCCNC(=O)C(C)Oc1ccc(Cl)cc1C(C)=O. The van der Waals surface area contributed by atoms with Crippen LogP contribution < -0.4 is 10.1 Å². The Morgan fingerprint density at radius 3 is 2.70 bits per heavy atom. The molecule has 0 aliphatic carbocycles. The van der Waals surface area contributed by atoms with Crippen LogP contribution in [0.15, 0.2) is 18.2 Å². The third-order valence-electron chi connectivity index (χ3n) is 2.60. The first-order valence-electron chi connectivity index (χ1n) is 6.19. The van der Waals surface area contributed by atoms with Gasteiger partial charge in [-0.05, 0) is 32.0 Å². The number of hydrogen-bond acceptors (Lipinski definition) is 4. The standard InChI is InChI=1S/C14H18ClNO4/c1-9(17)12-8-11(15)4-5-13(12)20-10(2)14(18)16-6-7-19-3/h4-5,8,10H,6-7H2,1-3H3,(H,16,18). The van der Waals surface area contributed by atoms with Gasteiger partial charge in [0.05, 0.1) is 12.2 Å². The topological polar surface area (TPSA) is 64.6 Å². The van der Waals surface area contributed by atoms with Crippen molar-refractivity contribution in [3.8, 4) is 5.75 Å². The lowest BCUT2D eigenvalue weighted by Gasteiger charge is -2.16. The summed E-state index contributed by atoms with van der Waals surface area (Å²) in [5.41, 5.74) is 0.356. The van der Waals surface area contributed by atoms with Crippen molar-refractivity contribution in [1.82, 2.24) is 5.32 Å². The van der Waals surface area contributed by atoms with E-state index in [4.69, 9.17) is 21.1 Å². The van der Waals surface area contributed by atoms with Gasteiger partial charge < -0.3 is 14.8 Å². The molecular weight excluding hydrogens is 282 g/mol. The van der Waals surface area contributed by atoms with Crippen LogP contribution in [0, 0.1) is 0 Å². The first-order valence-corrected chi connectivity index (χ1v) is 6.57. The molecule has 0 saturated heterocycles. The Bertz CT molecular complexity index is 490. The zero-order valence-corrected chi connectivity index (χ0v) is 12.5. The average Bonchev–Trinajstić information content (AvgIpc) is 2.40. The van der Waals surface area contributed by atoms with Gasteiger partial charge in [-0.1, -0.05) is 11.6 Å². The van der Waals surface area contributed by atoms with Crippen molar-refractivity contribution in [2.45, 2.75) is 20.0 Å². The van der Waals surface area contributed by atoms with E-state index >= 15 is 0 Å². The van der Waals surface area contributed by atoms with Gasteiger partial charge in [0, 0.05) is 18.7 Å². The van der Waals surface area contributed by atoms with Gasteiger partial charge in [0.1, 0.15) is 5.75 Å². The quantitative estimate of drug-likeness (QED) is 0.618. The highest BCUT2D eigenvalue weighted by Gasteiger charge is 2.17. The average molecular weight is 300 g/mol. The minimum absolute atomic E-state index is 0.172. The summed E-state index contributed by atoms with van der Waals surface area (Å²) in [6.07, 6.45) is -0.717. The van der Waals surface area contributed by atoms with Crippen LogP contribution in [0.25, 0.3) is 0 Å². The Labute approximate surface area is 123 Å². The number of rotatable bonds is 7. The fourth-order valence-corrected chi connectivity index (χ4v) is 1.72. The van der Waals surface area contributed by atoms with Crippen molar-refractivity contribution < 1.29 is 19.1 Å². The Morgan fingerprint density at radius 2 is 2.10 bits per heavy atom. The van der Waals surface area contributed by atoms with Gasteiger partial charge in [-0.2, -0.15) is 0 Å². The van der Waals surface area contributed by atoms with E-state index in [1.807, 2.05) is 0 Å². The zero-order chi connectivity index (χ0) is 15.1. The van der Waals surface area contributed by atoms with Gasteiger partial charge >= 0.3 is 0 Å². The maximum Gasteiger partial charge on any atom is 0.260 e. The maximum absolute atomic E-state index is 11.8. The summed E-state index contributed by atoms with van der Waals surface area (Å²) >= 11 is 5.84. The zero-order valence-electron chi connectivity index (χ0n) is 11.7. The summed E-state index contributed by atoms with van der Waals surface area (Å²) < 4.78 is 10.4. The normalized spacial score (nSPS) is 11.8. The predicted octanol–water partition coefficient (Wildman–Crippen LogP) is 2.07. The van der Waals surface area contributed by atoms with Crippen LogP contribution in [-0.4, -0.2) is 38.1 Å². The minimum Gasteiger partial charge on any atom is -0.480 e. The van der Waals surface area contributed by atoms with Crippen molar-refractivity contribution in [3.05, 3.63) is 28.8 Å². The van der Waals surface area contributed by atoms with Crippen molar-refractivity contribution in [1.29, 1.82) is 0 Å². The first-order chi connectivity index (χ1) is 9.45. The van der Waals surface area contributed by atoms with Crippen molar-refractivity contribution in [2.24, 2.45) is 0 Å². The molecule has 6 heteroatoms. The molecule has 0 saturated carbocycles. The number of ether oxygens (including phenoxy) is 2. The summed E-state index contributed by atoms with van der Waals surface area (Å²) in [6, 6.07) is 4.71. The molecule has 0 spiro atoms. The molecule has 1 aromatic carbocycles. The lowest BCUT2D eigenvalue weighted by molar-refractivity contribution is -0.127. The van der Waals surface area contributed by atoms with E-state index in [0.717, 1.165) is 0 Å². The number of Topliss-reactive ketones (excluding diaryl/α,β-unsaturated/α-hetero) is 1. The molecular formula is C14H18ClNO4. The highest BCUT2D eigenvalue weighted by Crippen LogP contribution is 2.24. The van der Waals surface area contributed by atoms with Gasteiger partial charge in [-0.25, -0.2) is 0 Å². The predicted molar refractivity (Wildman–Crippen MR) is 76.4 cm³/mol. The lowest BCUT2D eigenvalue weighted by Crippen LogP contribution is -2.38. The third-order valence-corrected chi connectivity index (χ3v) is 2.83. The summed E-state index contributed by atoms with van der Waals surface area (Å²) in [6.45, 7) is 3.86. The summed E-state index contributed by atoms with van der Waals surface area (Å²) in [4.78, 5) is 23.3. The summed E-state index contributed by atoms with van der Waals surface area (Å²) in [7, 11) is 1.55. The highest BCUT2D eigenvalue weighted by atomic mass is 35.5. The second kappa shape index (κ2) is 7.87. The van der Waals surface area contributed by atoms with Crippen LogP contribution in [0.3, 0.4) is 0 Å². The Balaban J connectivity index is 2.72. The molecule has 110 valence electrons. The van der Waals surface area contributed by atoms with E-state index in [0.29, 0.717) is 29.5 Å². The van der Waals surface area contributed by atoms with Crippen LogP contribution in [-0.2, 0) is 9.53 Å². The summed E-state index contributed by atoms with van der Waals surface area (Å²) in [5.74, 6) is -0.0997. The van der Waals surface area contributed by atoms with Gasteiger partial charge in [0.2, 0.25) is 0 Å². The number of methoxy groups -OCH3 is 1. The van der Waals surface area contributed by atoms with E-state index in [9.17, 15) is 9.59 Å². The van der Waals surface area contributed by atoms with Gasteiger partial charge in [-0.15, -0.1) is 0 Å². The molecule has 0 aliphatic rings. The number of carbonyl (C=O) groups excluding carboxylic acids is 2. The molecule has 20 heavy (non-hydrogen) atoms. The second-order valence-corrected chi connectivity index (χ2v) is 4.68. The first kappa shape index (κ1) is 16.5. The van der Waals surface area contributed by atoms with Gasteiger partial charge in [0.25, 0.3) is 5.91 Å². The fourth-order valence-electron chi connectivity index (χ4n) is 1.54. The second-order valence-electron chi connectivity index (χ2n) is 4.24. The third kappa shape index (κ3) is 4.83. The molecule has 0 radical (unpaired) electrons. The minimum atomic E-state index is -0.717. The van der Waals surface area contributed by atoms with E-state index in [2.05, 4.69) is 5.32 Å². The van der Waals surface area contributed by atoms with Crippen LogP contribution in [0.4, 0.5) is 0 Å². The Kier molecular flexibility index (Phi) is 6.48. The number of ketones is 1. The van der Waals surface area contributed by atoms with E-state index in [-0.39, 0.29) is 11.7 Å². The molecule has 5 nitrogen and oxygen atoms in total. The Morgan fingerprint density at radius 1 is 1.40 bits per heavy atom. The molecule has 0 bridgehead atoms. The summed E-state index contributed by atoms with van der Waals surface area (Å²) in [5, 5.41) is 3.11. The number of carbonyl (C=O) groups is 2. The molecule has 1 rings (SSSR count). The molecule has 1 atom stereocenters. The number of nitrogens with one attached hydrogen (secondary N) is 1. The largest absolute Gasteiger partial charge is 0.480 e. The van der Waals surface area contributed by atoms with Crippen molar-refractivity contribution >= 4 is 23.3 Å². The van der Waals surface area contributed by atoms with E-state index < -0.39 is 6.10 Å². The monoisotopic (exact) mass is 299 g/mol. The van der Waals surface area contributed by atoms with E-state index in [1.54, 1.807) is 26.2 Å². The molecule has 0 fully saturated rings. The fraction of sp³-hybridized carbons (Fsp3) is 0.429. The maximum atomic E-state index is 11.8. The van der Waals surface area contributed by atoms with Crippen LogP contribution in [0.5, 0.6) is 5.75 Å². The number of hydrogen-bond donors (Lipinski definition) is 1. The molecule has 0 aromatic heterocycles. The molecule has 0 aliphatic heterocycles. The van der Waals surface area contributed by atoms with Crippen molar-refractivity contribution in [2.75, 3.05) is 20.3 Å². The van der Waals surface area contributed by atoms with E-state index in [1.165, 1.54) is 13.0 Å². The van der Waals surface area contributed by atoms with Crippen molar-refractivity contribution in [3.63, 3.8) is 0 Å². The smallest absolute Gasteiger partial charge is 0.260 e.